The molecule has 0 bridgehead atoms. The van der Waals surface area contributed by atoms with Gasteiger partial charge in [0.25, 0.3) is 0 Å². The molecular formula is C84H129N29O16. The van der Waals surface area contributed by atoms with Crippen LogP contribution in [0.3, 0.4) is 0 Å². The molecule has 1 aliphatic rings. The fourth-order valence-corrected chi connectivity index (χ4v) is 14.3. The van der Waals surface area contributed by atoms with Gasteiger partial charge < -0.3 is 145 Å². The number of aliphatic carboxylic acids is 1. The number of aromatic nitrogens is 3. The number of benzene rings is 3. The average molecular weight is 1800 g/mol. The summed E-state index contributed by atoms with van der Waals surface area (Å²) < 4.78 is 0. The highest BCUT2D eigenvalue weighted by Crippen LogP contribution is 2.23. The van der Waals surface area contributed by atoms with Crippen molar-refractivity contribution in [3.05, 3.63) is 126 Å². The molecule has 13 atom stereocenters. The smallest absolute Gasteiger partial charge is 0.326 e. The number of hydrogen-bond donors (Lipinski definition) is 29. The Morgan fingerprint density at radius 2 is 0.891 bits per heavy atom. The van der Waals surface area contributed by atoms with Crippen molar-refractivity contribution >= 4 is 112 Å². The fourth-order valence-electron chi connectivity index (χ4n) is 14.3. The van der Waals surface area contributed by atoms with Crippen LogP contribution in [-0.2, 0) is 92.8 Å². The summed E-state index contributed by atoms with van der Waals surface area (Å²) in [6, 6.07) is 8.33. The third-order valence-electron chi connectivity index (χ3n) is 21.2. The van der Waals surface area contributed by atoms with Gasteiger partial charge >= 0.3 is 5.97 Å². The minimum atomic E-state index is -1.80. The summed E-state index contributed by atoms with van der Waals surface area (Å²) in [5.41, 5.74) is 43.5. The highest BCUT2D eigenvalue weighted by molar-refractivity contribution is 6.00. The second kappa shape index (κ2) is 55.9. The molecule has 45 nitrogen and oxygen atoms in total. The molecule has 36 N–H and O–H groups in total. The zero-order valence-corrected chi connectivity index (χ0v) is 72.6. The number of nitrogens with one attached hydrogen (secondary N) is 20. The van der Waals surface area contributed by atoms with E-state index in [-0.39, 0.29) is 179 Å². The number of likely N-dealkylation sites (tertiary alicyclic amines) is 1. The lowest BCUT2D eigenvalue weighted by Crippen LogP contribution is -2.62. The number of carbonyl (C=O) groups is 14. The van der Waals surface area contributed by atoms with Crippen LogP contribution in [0.2, 0.25) is 0 Å². The van der Waals surface area contributed by atoms with E-state index in [4.69, 9.17) is 56.4 Å². The number of carbonyl (C=O) groups excluding carboxylic acids is 13. The molecule has 1 fully saturated rings. The Kier molecular flexibility index (Phi) is 45.3. The normalized spacial score (nSPS) is 15.1. The first-order valence-corrected chi connectivity index (χ1v) is 43.3. The zero-order valence-electron chi connectivity index (χ0n) is 72.6. The van der Waals surface area contributed by atoms with E-state index >= 15 is 9.59 Å². The fraction of sp³-hybridized carbons (Fsp3) is 0.524. The Morgan fingerprint density at radius 1 is 0.457 bits per heavy atom. The lowest BCUT2D eigenvalue weighted by atomic mass is 10.0. The second-order valence-electron chi connectivity index (χ2n) is 31.5. The van der Waals surface area contributed by atoms with E-state index in [2.05, 4.69) is 94.7 Å². The maximum Gasteiger partial charge on any atom is 0.326 e. The van der Waals surface area contributed by atoms with Gasteiger partial charge in [-0.1, -0.05) is 78.9 Å². The molecule has 13 amide bonds. The number of amides is 13. The van der Waals surface area contributed by atoms with Gasteiger partial charge in [-0.15, -0.1) is 0 Å². The Hall–Kier alpha value is -13.4. The molecule has 5 aromatic rings. The van der Waals surface area contributed by atoms with E-state index in [9.17, 15) is 67.7 Å². The molecular weight excluding hydrogens is 1670 g/mol. The van der Waals surface area contributed by atoms with Crippen LogP contribution in [0, 0.1) is 16.2 Å². The molecule has 3 aromatic carbocycles. The van der Waals surface area contributed by atoms with Crippen molar-refractivity contribution in [1.29, 1.82) is 16.2 Å². The Bertz CT molecular complexity index is 4510. The van der Waals surface area contributed by atoms with Crippen LogP contribution in [0.5, 0.6) is 0 Å². The number of nitrogens with zero attached hydrogens (tertiary/aromatic N) is 2. The van der Waals surface area contributed by atoms with E-state index in [1.807, 2.05) is 48.5 Å². The van der Waals surface area contributed by atoms with Crippen LogP contribution in [-0.4, -0.2) is 268 Å². The van der Waals surface area contributed by atoms with E-state index in [0.717, 1.165) is 16.5 Å². The molecule has 0 aliphatic carbocycles. The highest BCUT2D eigenvalue weighted by atomic mass is 16.4. The average Bonchev–Trinajstić information content (AvgIpc) is 1.70. The van der Waals surface area contributed by atoms with Crippen LogP contribution in [0.4, 0.5) is 0 Å². The number of guanidine groups is 3. The maximum atomic E-state index is 15.1. The number of H-pyrrole nitrogens is 2. The molecule has 2 aromatic heterocycles. The Balaban J connectivity index is 1.17. The van der Waals surface area contributed by atoms with Gasteiger partial charge in [0.05, 0.1) is 37.3 Å². The van der Waals surface area contributed by atoms with Crippen LogP contribution >= 0.6 is 0 Å². The second-order valence-corrected chi connectivity index (χ2v) is 31.5. The number of rotatable bonds is 59. The summed E-state index contributed by atoms with van der Waals surface area (Å²) in [5, 5.41) is 83.6. The summed E-state index contributed by atoms with van der Waals surface area (Å²) in [7, 11) is 0. The number of nitrogens with two attached hydrogens (primary N) is 7. The van der Waals surface area contributed by atoms with Gasteiger partial charge in [-0.2, -0.15) is 0 Å². The molecule has 3 heterocycles. The number of aliphatic hydroxyl groups excluding tert-OH is 1. The number of fused-ring (bicyclic) bond motifs is 1. The van der Waals surface area contributed by atoms with Gasteiger partial charge in [0, 0.05) is 68.7 Å². The van der Waals surface area contributed by atoms with Gasteiger partial charge in [-0.3, -0.25) is 78.6 Å². The highest BCUT2D eigenvalue weighted by Gasteiger charge is 2.42. The number of carboxylic acids is 1. The quantitative estimate of drug-likeness (QED) is 0.00979. The zero-order chi connectivity index (χ0) is 94.3. The monoisotopic (exact) mass is 1800 g/mol. The Morgan fingerprint density at radius 3 is 1.41 bits per heavy atom. The summed E-state index contributed by atoms with van der Waals surface area (Å²) in [4.78, 5) is 210. The van der Waals surface area contributed by atoms with Crippen LogP contribution in [0.1, 0.15) is 138 Å². The van der Waals surface area contributed by atoms with E-state index in [0.29, 0.717) is 30.4 Å². The van der Waals surface area contributed by atoms with Gasteiger partial charge in [-0.25, -0.2) is 9.78 Å². The number of hydrogen-bond acceptors (Lipinski definition) is 23. The van der Waals surface area contributed by atoms with Crippen molar-refractivity contribution in [3.8, 4) is 0 Å². The van der Waals surface area contributed by atoms with E-state index in [1.54, 1.807) is 42.6 Å². The molecule has 706 valence electrons. The van der Waals surface area contributed by atoms with Crippen LogP contribution in [0.15, 0.2) is 104 Å². The number of aromatic amines is 2. The first kappa shape index (κ1) is 104. The van der Waals surface area contributed by atoms with Gasteiger partial charge in [-0.05, 0) is 165 Å². The van der Waals surface area contributed by atoms with E-state index in [1.165, 1.54) is 24.3 Å². The molecule has 45 heteroatoms. The maximum absolute atomic E-state index is 15.1. The van der Waals surface area contributed by atoms with E-state index < -0.39 is 180 Å². The first-order chi connectivity index (χ1) is 61.8. The minimum Gasteiger partial charge on any atom is -0.480 e. The molecule has 1 saturated heterocycles. The predicted octanol–water partition coefficient (Wildman–Crippen LogP) is -5.80. The molecule has 1 aliphatic heterocycles. The number of para-hydroxylation sites is 1. The topological polar surface area (TPSA) is 761 Å². The molecule has 0 unspecified atom stereocenters. The van der Waals surface area contributed by atoms with Gasteiger partial charge in [0.15, 0.2) is 17.9 Å². The number of aliphatic hydroxyl groups is 1. The molecule has 6 rings (SSSR count). The van der Waals surface area contributed by atoms with Crippen LogP contribution in [0.25, 0.3) is 10.9 Å². The van der Waals surface area contributed by atoms with Crippen molar-refractivity contribution in [1.82, 2.24) is 99.6 Å². The molecule has 0 spiro atoms. The van der Waals surface area contributed by atoms with Crippen molar-refractivity contribution in [3.63, 3.8) is 0 Å². The van der Waals surface area contributed by atoms with Crippen molar-refractivity contribution in [2.75, 3.05) is 58.9 Å². The lowest BCUT2D eigenvalue weighted by molar-refractivity contribution is -0.143. The van der Waals surface area contributed by atoms with Crippen molar-refractivity contribution < 1.29 is 77.3 Å². The SMILES string of the molecule is C[C@@H](O)[C@H](NC(=O)[C@H](CCCCN)NC(=O)[C@H](Cc1c[nH]c2ccccc12)NC(=O)[C@H](Cc1ccccc1)NC(=O)[C@@H](N)Cc1ccccc1)C(=O)N[C@@H](CCCCN)C(=O)N1CCC[C@H]1C(=O)N[C@@H](CCCNC(=N)N)C(=O)N[C@@H](CCCCN)C(=O)N[C@@H](Cc1c[nH]cn1)C(=O)NCC(=O)NCC(=O)N[C@@H](CCCNC(=N)N)C(=O)N[C@@H](CCCNC(=N)N)C(=O)O. The molecule has 0 radical (unpaired) electrons. The predicted molar refractivity (Wildman–Crippen MR) is 478 cm³/mol. The first-order valence-electron chi connectivity index (χ1n) is 43.3. The molecule has 129 heavy (non-hydrogen) atoms. The third-order valence-corrected chi connectivity index (χ3v) is 21.2. The van der Waals surface area contributed by atoms with Gasteiger partial charge in [0.2, 0.25) is 76.8 Å². The van der Waals surface area contributed by atoms with Gasteiger partial charge in [0.1, 0.15) is 66.5 Å². The number of carboxylic acid groups (broad SMARTS) is 1. The number of imidazole rings is 1. The number of unbranched alkanes of at least 4 members (excludes halogenated alkanes) is 3. The van der Waals surface area contributed by atoms with Crippen LogP contribution < -0.4 is 120 Å². The summed E-state index contributed by atoms with van der Waals surface area (Å²) >= 11 is 0. The summed E-state index contributed by atoms with van der Waals surface area (Å²) in [6.07, 6.45) is 4.59. The van der Waals surface area contributed by atoms with Crippen molar-refractivity contribution in [2.24, 2.45) is 40.1 Å². The minimum absolute atomic E-state index is 0.0145. The molecule has 0 saturated carbocycles. The lowest BCUT2D eigenvalue weighted by Gasteiger charge is -2.31. The Labute approximate surface area is 746 Å². The van der Waals surface area contributed by atoms with Crippen molar-refractivity contribution in [2.45, 2.75) is 220 Å². The third kappa shape index (κ3) is 37.2. The standard InChI is InChI=1S/C84H129N29O16/c1-49(114)69(112-75(122)59(27-11-14-34-86)105-77(124)64(42-52-44-99-56-25-9-8-24-54(52)56)110-76(123)63(41-51-22-6-3-7-23-51)109-70(117)55(88)40-50-20-4-2-5-21-50)79(126)107-61(28-12-15-35-87)80(127)113-39-19-32-66(113)78(125)106-60(30-17-37-97-83(91)92)73(120)104-58(26-10-13-33-85)74(121)111-65(43-53-45-95-48-102-53)71(118)101-46-67(115)100-47-68(116)103-57(29-16-36-96-82(89)90)72(119)108-62(81(128)129)31-18-38-98-84(93)94/h2-9,20-25,44-45,48-49,55,57-66,69,99,114H,10-19,26-43,46-47,85-88H2,1H3,(H,95,102)(H,100,115)(H,101,118)(H,103,116)(H,104,120)(H,105,124)(H,106,125)(H,107,126)(H,108,119)(H,109,117)(H,110,123)(H,111,121)(H,112,122)(H,128,129)(H4,89,90,96)(H4,91,92,97)(H4,93,94,98)/t49-,55+,57+,58+,59+,60+,61+,62+,63+,64+,65+,66+,69+/m1/s1. The summed E-state index contributed by atoms with van der Waals surface area (Å²) in [5.74, 6) is -13.7. The largest absolute Gasteiger partial charge is 0.480 e. The summed E-state index contributed by atoms with van der Waals surface area (Å²) in [6.45, 7) is 0.470.